The smallest absolute Gasteiger partial charge is 0.0502 e. The topological polar surface area (TPSA) is 4.93 Å². The molecule has 3 heteroatoms. The third-order valence-electron chi connectivity index (χ3n) is 4.53. The maximum Gasteiger partial charge on any atom is 0.0502 e. The molecule has 0 saturated carbocycles. The maximum atomic E-state index is 3.63. The standard InChI is InChI=1S/C20H23Br2N/c1-2-3-4-5-6-7-12-23-19-11-9-15(21)13-18(19)17-10-8-16(22)14-20(17)23/h8-11,13-14H,2-7,12H2,1H3. The van der Waals surface area contributed by atoms with Crippen molar-refractivity contribution < 1.29 is 0 Å². The minimum Gasteiger partial charge on any atom is -0.340 e. The number of hydrogen-bond donors (Lipinski definition) is 0. The molecule has 1 nitrogen and oxygen atoms in total. The van der Waals surface area contributed by atoms with Crippen molar-refractivity contribution in [2.24, 2.45) is 0 Å². The molecule has 1 heterocycles. The average Bonchev–Trinajstić information content (AvgIpc) is 2.83. The van der Waals surface area contributed by atoms with Gasteiger partial charge in [-0.2, -0.15) is 0 Å². The van der Waals surface area contributed by atoms with E-state index in [4.69, 9.17) is 0 Å². The number of hydrogen-bond acceptors (Lipinski definition) is 0. The summed E-state index contributed by atoms with van der Waals surface area (Å²) in [6.45, 7) is 3.37. The second kappa shape index (κ2) is 7.85. The third kappa shape index (κ3) is 3.83. The zero-order chi connectivity index (χ0) is 16.2. The molecule has 122 valence electrons. The molecule has 0 saturated heterocycles. The van der Waals surface area contributed by atoms with Crippen molar-refractivity contribution in [2.75, 3.05) is 0 Å². The Bertz CT molecular complexity index is 804. The van der Waals surface area contributed by atoms with Gasteiger partial charge in [0.05, 0.1) is 5.52 Å². The second-order valence-corrected chi connectivity index (χ2v) is 8.07. The van der Waals surface area contributed by atoms with Gasteiger partial charge >= 0.3 is 0 Å². The number of unbranched alkanes of at least 4 members (excludes halogenated alkanes) is 5. The van der Waals surface area contributed by atoms with Gasteiger partial charge in [-0.1, -0.05) is 77.0 Å². The van der Waals surface area contributed by atoms with Gasteiger partial charge in [-0.05, 0) is 36.8 Å². The number of fused-ring (bicyclic) bond motifs is 3. The lowest BCUT2D eigenvalue weighted by Crippen LogP contribution is -1.97. The molecule has 3 rings (SSSR count). The van der Waals surface area contributed by atoms with Crippen LogP contribution < -0.4 is 0 Å². The van der Waals surface area contributed by atoms with Gasteiger partial charge in [0.1, 0.15) is 0 Å². The Morgan fingerprint density at radius 2 is 1.43 bits per heavy atom. The summed E-state index contributed by atoms with van der Waals surface area (Å²) in [5.74, 6) is 0. The van der Waals surface area contributed by atoms with Crippen LogP contribution in [-0.2, 0) is 6.54 Å². The summed E-state index contributed by atoms with van der Waals surface area (Å²) in [7, 11) is 0. The predicted molar refractivity (Wildman–Crippen MR) is 108 cm³/mol. The van der Waals surface area contributed by atoms with Crippen LogP contribution in [0.3, 0.4) is 0 Å². The van der Waals surface area contributed by atoms with Gasteiger partial charge in [0.2, 0.25) is 0 Å². The molecule has 0 bridgehead atoms. The molecule has 0 radical (unpaired) electrons. The minimum atomic E-state index is 1.10. The number of aryl methyl sites for hydroxylation is 1. The van der Waals surface area contributed by atoms with Crippen molar-refractivity contribution >= 4 is 53.7 Å². The van der Waals surface area contributed by atoms with Gasteiger partial charge in [-0.3, -0.25) is 0 Å². The van der Waals surface area contributed by atoms with Gasteiger partial charge in [0.25, 0.3) is 0 Å². The summed E-state index contributed by atoms with van der Waals surface area (Å²) >= 11 is 7.24. The first kappa shape index (κ1) is 17.0. The molecular weight excluding hydrogens is 414 g/mol. The van der Waals surface area contributed by atoms with E-state index in [1.165, 1.54) is 60.3 Å². The molecule has 0 aliphatic heterocycles. The first-order valence-corrected chi connectivity index (χ1v) is 10.2. The molecule has 0 aliphatic rings. The van der Waals surface area contributed by atoms with Gasteiger partial charge in [-0.15, -0.1) is 0 Å². The molecular formula is C20H23Br2N. The van der Waals surface area contributed by atoms with Crippen molar-refractivity contribution in [1.29, 1.82) is 0 Å². The second-order valence-electron chi connectivity index (χ2n) is 6.24. The van der Waals surface area contributed by atoms with Crippen LogP contribution in [0.25, 0.3) is 21.8 Å². The number of halogens is 2. The van der Waals surface area contributed by atoms with Crippen molar-refractivity contribution in [3.05, 3.63) is 45.3 Å². The summed E-state index contributed by atoms with van der Waals surface area (Å²) in [6.07, 6.45) is 8.01. The van der Waals surface area contributed by atoms with E-state index >= 15 is 0 Å². The molecule has 0 fully saturated rings. The van der Waals surface area contributed by atoms with E-state index in [-0.39, 0.29) is 0 Å². The van der Waals surface area contributed by atoms with E-state index in [0.717, 1.165) is 15.5 Å². The fraction of sp³-hybridized carbons (Fsp3) is 0.400. The summed E-state index contributed by atoms with van der Waals surface area (Å²) in [5.41, 5.74) is 2.68. The maximum absolute atomic E-state index is 3.63. The number of aromatic nitrogens is 1. The Labute approximate surface area is 155 Å². The SMILES string of the molecule is CCCCCCCCn1c2ccc(Br)cc2c2ccc(Br)cc21. The lowest BCUT2D eigenvalue weighted by atomic mass is 10.1. The molecule has 23 heavy (non-hydrogen) atoms. The zero-order valence-corrected chi connectivity index (χ0v) is 16.8. The predicted octanol–water partition coefficient (Wildman–Crippen LogP) is 7.68. The van der Waals surface area contributed by atoms with Crippen LogP contribution in [0.1, 0.15) is 45.4 Å². The minimum absolute atomic E-state index is 1.10. The highest BCUT2D eigenvalue weighted by Gasteiger charge is 2.11. The molecule has 3 aromatic rings. The van der Waals surface area contributed by atoms with Crippen LogP contribution in [0.4, 0.5) is 0 Å². The summed E-state index contributed by atoms with van der Waals surface area (Å²) in [4.78, 5) is 0. The average molecular weight is 437 g/mol. The van der Waals surface area contributed by atoms with Crippen molar-refractivity contribution in [3.63, 3.8) is 0 Å². The molecule has 1 aromatic heterocycles. The van der Waals surface area contributed by atoms with Crippen LogP contribution in [0.2, 0.25) is 0 Å². The van der Waals surface area contributed by atoms with E-state index in [0.29, 0.717) is 0 Å². The molecule has 0 amide bonds. The van der Waals surface area contributed by atoms with Crippen LogP contribution in [0.15, 0.2) is 45.3 Å². The van der Waals surface area contributed by atoms with Crippen molar-refractivity contribution in [1.82, 2.24) is 4.57 Å². The van der Waals surface area contributed by atoms with Crippen molar-refractivity contribution in [3.8, 4) is 0 Å². The number of benzene rings is 2. The first-order valence-electron chi connectivity index (χ1n) is 8.57. The monoisotopic (exact) mass is 435 g/mol. The zero-order valence-electron chi connectivity index (χ0n) is 13.6. The van der Waals surface area contributed by atoms with Gasteiger partial charge < -0.3 is 4.57 Å². The summed E-state index contributed by atoms with van der Waals surface area (Å²) < 4.78 is 4.78. The molecule has 0 unspecified atom stereocenters. The fourth-order valence-electron chi connectivity index (χ4n) is 3.34. The van der Waals surface area contributed by atoms with E-state index in [2.05, 4.69) is 79.7 Å². The Hall–Kier alpha value is -0.800. The Kier molecular flexibility index (Phi) is 5.81. The van der Waals surface area contributed by atoms with Crippen molar-refractivity contribution in [2.45, 2.75) is 52.0 Å². The van der Waals surface area contributed by atoms with Gasteiger partial charge in [0, 0.05) is 31.8 Å². The quantitative estimate of drug-likeness (QED) is 0.334. The molecule has 0 N–H and O–H groups in total. The highest BCUT2D eigenvalue weighted by atomic mass is 79.9. The highest BCUT2D eigenvalue weighted by molar-refractivity contribution is 9.10. The largest absolute Gasteiger partial charge is 0.340 e. The van der Waals surface area contributed by atoms with E-state index < -0.39 is 0 Å². The van der Waals surface area contributed by atoms with Crippen LogP contribution in [-0.4, -0.2) is 4.57 Å². The van der Waals surface area contributed by atoms with Crippen LogP contribution in [0.5, 0.6) is 0 Å². The molecule has 0 atom stereocenters. The third-order valence-corrected chi connectivity index (χ3v) is 5.51. The number of nitrogens with zero attached hydrogens (tertiary/aromatic N) is 1. The summed E-state index contributed by atoms with van der Waals surface area (Å²) in [6, 6.07) is 13.2. The van der Waals surface area contributed by atoms with Gasteiger partial charge in [-0.25, -0.2) is 0 Å². The molecule has 0 spiro atoms. The Morgan fingerprint density at radius 1 is 0.739 bits per heavy atom. The molecule has 0 aliphatic carbocycles. The molecule has 2 aromatic carbocycles. The summed E-state index contributed by atoms with van der Waals surface area (Å²) in [5, 5.41) is 2.68. The first-order chi connectivity index (χ1) is 11.2. The Balaban J connectivity index is 1.89. The van der Waals surface area contributed by atoms with Crippen LogP contribution >= 0.6 is 31.9 Å². The normalized spacial score (nSPS) is 11.6. The Morgan fingerprint density at radius 3 is 2.26 bits per heavy atom. The highest BCUT2D eigenvalue weighted by Crippen LogP contribution is 2.33. The van der Waals surface area contributed by atoms with E-state index in [1.807, 2.05) is 0 Å². The lowest BCUT2D eigenvalue weighted by molar-refractivity contribution is 0.571. The van der Waals surface area contributed by atoms with E-state index in [9.17, 15) is 0 Å². The lowest BCUT2D eigenvalue weighted by Gasteiger charge is -2.08. The van der Waals surface area contributed by atoms with Crippen LogP contribution in [0, 0.1) is 0 Å². The van der Waals surface area contributed by atoms with Gasteiger partial charge in [0.15, 0.2) is 0 Å². The fourth-order valence-corrected chi connectivity index (χ4v) is 4.05. The number of rotatable bonds is 7. The van der Waals surface area contributed by atoms with E-state index in [1.54, 1.807) is 0 Å².